The van der Waals surface area contributed by atoms with Crippen LogP contribution in [0.15, 0.2) is 30.9 Å². The Hall–Kier alpha value is -2.76. The van der Waals surface area contributed by atoms with E-state index in [1.165, 1.54) is 7.11 Å². The number of hydrogen-bond donors (Lipinski definition) is 1. The highest BCUT2D eigenvalue weighted by Crippen LogP contribution is 2.29. The first-order valence-electron chi connectivity index (χ1n) is 7.00. The molecule has 124 valence electrons. The number of carboxylic acid groups (broad SMARTS) is 1. The van der Waals surface area contributed by atoms with E-state index in [0.717, 1.165) is 34.8 Å². The average molecular weight is 319 g/mol. The largest absolute Gasteiger partial charge is 0.497 e. The van der Waals surface area contributed by atoms with Crippen LogP contribution < -0.4 is 4.74 Å². The zero-order valence-electron chi connectivity index (χ0n) is 13.8. The molecule has 1 aromatic heterocycles. The van der Waals surface area contributed by atoms with Crippen molar-refractivity contribution in [2.24, 2.45) is 7.05 Å². The molecule has 1 heterocycles. The van der Waals surface area contributed by atoms with Crippen LogP contribution in [0.25, 0.3) is 10.9 Å². The lowest BCUT2D eigenvalue weighted by Gasteiger charge is -2.03. The molecule has 0 aliphatic rings. The van der Waals surface area contributed by atoms with Gasteiger partial charge in [-0.3, -0.25) is 0 Å². The van der Waals surface area contributed by atoms with E-state index in [-0.39, 0.29) is 5.97 Å². The summed E-state index contributed by atoms with van der Waals surface area (Å²) in [7, 11) is 4.98. The third kappa shape index (κ3) is 3.91. The second kappa shape index (κ2) is 8.03. The number of methoxy groups -OCH3 is 2. The van der Waals surface area contributed by atoms with Crippen LogP contribution in [0.3, 0.4) is 0 Å². The maximum atomic E-state index is 11.9. The van der Waals surface area contributed by atoms with Crippen LogP contribution in [0.1, 0.15) is 23.0 Å². The number of carbonyl (C=O) groups excluding carboxylic acids is 1. The van der Waals surface area contributed by atoms with Gasteiger partial charge in [0.25, 0.3) is 0 Å². The zero-order chi connectivity index (χ0) is 17.6. The van der Waals surface area contributed by atoms with E-state index in [9.17, 15) is 9.59 Å². The first kappa shape index (κ1) is 18.3. The SMILES string of the molecule is C=CC(=O)O.CCc1c(C(=O)OC)c2cc(OC)ccc2n1C. The van der Waals surface area contributed by atoms with Crippen molar-refractivity contribution in [3.8, 4) is 5.75 Å². The van der Waals surface area contributed by atoms with Gasteiger partial charge in [-0.2, -0.15) is 0 Å². The normalized spacial score (nSPS) is 9.74. The molecule has 0 fully saturated rings. The van der Waals surface area contributed by atoms with Gasteiger partial charge in [-0.15, -0.1) is 0 Å². The summed E-state index contributed by atoms with van der Waals surface area (Å²) in [6.45, 7) is 4.99. The molecule has 2 rings (SSSR count). The maximum absolute atomic E-state index is 11.9. The van der Waals surface area contributed by atoms with E-state index in [2.05, 4.69) is 6.58 Å². The quantitative estimate of drug-likeness (QED) is 0.692. The Labute approximate surface area is 134 Å². The Morgan fingerprint density at radius 1 is 1.35 bits per heavy atom. The van der Waals surface area contributed by atoms with E-state index in [4.69, 9.17) is 14.6 Å². The Morgan fingerprint density at radius 3 is 2.39 bits per heavy atom. The highest BCUT2D eigenvalue weighted by Gasteiger charge is 2.20. The molecule has 0 radical (unpaired) electrons. The van der Waals surface area contributed by atoms with Crippen LogP contribution in [0.5, 0.6) is 5.75 Å². The lowest BCUT2D eigenvalue weighted by Crippen LogP contribution is -2.05. The van der Waals surface area contributed by atoms with Gasteiger partial charge in [-0.1, -0.05) is 13.5 Å². The standard InChI is InChI=1S/C14H17NO3.C3H4O2/c1-5-11-13(14(16)18-4)10-8-9(17-3)6-7-12(10)15(11)2;1-2-3(4)5/h6-8H,5H2,1-4H3;2H,1H2,(H,4,5). The van der Waals surface area contributed by atoms with Crippen molar-refractivity contribution in [2.75, 3.05) is 14.2 Å². The average Bonchev–Trinajstić information content (AvgIpc) is 2.85. The number of carbonyl (C=O) groups is 2. The summed E-state index contributed by atoms with van der Waals surface area (Å²) >= 11 is 0. The number of benzene rings is 1. The van der Waals surface area contributed by atoms with Crippen molar-refractivity contribution in [3.63, 3.8) is 0 Å². The second-order valence-corrected chi connectivity index (χ2v) is 4.65. The number of rotatable bonds is 4. The molecule has 0 amide bonds. The highest BCUT2D eigenvalue weighted by atomic mass is 16.5. The Kier molecular flexibility index (Phi) is 6.38. The molecule has 0 saturated carbocycles. The summed E-state index contributed by atoms with van der Waals surface area (Å²) in [5, 5.41) is 8.48. The van der Waals surface area contributed by atoms with Gasteiger partial charge in [0.05, 0.1) is 19.8 Å². The molecule has 0 aliphatic heterocycles. The molecule has 1 aromatic carbocycles. The van der Waals surface area contributed by atoms with Gasteiger partial charge in [0.15, 0.2) is 0 Å². The van der Waals surface area contributed by atoms with Gasteiger partial charge < -0.3 is 19.1 Å². The number of hydrogen-bond acceptors (Lipinski definition) is 4. The van der Waals surface area contributed by atoms with E-state index in [1.54, 1.807) is 7.11 Å². The number of aromatic nitrogens is 1. The van der Waals surface area contributed by atoms with Gasteiger partial charge in [-0.05, 0) is 24.6 Å². The van der Waals surface area contributed by atoms with E-state index >= 15 is 0 Å². The summed E-state index contributed by atoms with van der Waals surface area (Å²) in [5.74, 6) is -0.545. The van der Waals surface area contributed by atoms with Crippen LogP contribution in [0.4, 0.5) is 0 Å². The van der Waals surface area contributed by atoms with Gasteiger partial charge in [0.2, 0.25) is 0 Å². The predicted octanol–water partition coefficient (Wildman–Crippen LogP) is 2.79. The van der Waals surface area contributed by atoms with Gasteiger partial charge in [0.1, 0.15) is 5.75 Å². The van der Waals surface area contributed by atoms with Crippen LogP contribution >= 0.6 is 0 Å². The molecule has 0 unspecified atom stereocenters. The molecule has 23 heavy (non-hydrogen) atoms. The van der Waals surface area contributed by atoms with Crippen molar-refractivity contribution in [3.05, 3.63) is 42.1 Å². The second-order valence-electron chi connectivity index (χ2n) is 4.65. The summed E-state index contributed by atoms with van der Waals surface area (Å²) < 4.78 is 12.1. The molecule has 6 nitrogen and oxygen atoms in total. The number of esters is 1. The molecule has 0 bridgehead atoms. The lowest BCUT2D eigenvalue weighted by molar-refractivity contribution is -0.131. The summed E-state index contributed by atoms with van der Waals surface area (Å²) in [6, 6.07) is 5.73. The molecule has 0 spiro atoms. The van der Waals surface area contributed by atoms with Crippen LogP contribution in [-0.4, -0.2) is 35.8 Å². The number of aryl methyl sites for hydroxylation is 1. The number of ether oxygens (including phenoxy) is 2. The lowest BCUT2D eigenvalue weighted by atomic mass is 10.1. The van der Waals surface area contributed by atoms with E-state index < -0.39 is 5.97 Å². The molecular formula is C17H21NO5. The van der Waals surface area contributed by atoms with Gasteiger partial charge >= 0.3 is 11.9 Å². The van der Waals surface area contributed by atoms with Crippen LogP contribution in [0, 0.1) is 0 Å². The summed E-state index contributed by atoms with van der Waals surface area (Å²) in [6.07, 6.45) is 1.61. The van der Waals surface area contributed by atoms with Crippen LogP contribution in [0.2, 0.25) is 0 Å². The van der Waals surface area contributed by atoms with Crippen molar-refractivity contribution in [1.82, 2.24) is 4.57 Å². The third-order valence-corrected chi connectivity index (χ3v) is 3.43. The zero-order valence-corrected chi connectivity index (χ0v) is 13.8. The summed E-state index contributed by atoms with van der Waals surface area (Å²) in [4.78, 5) is 21.2. The van der Waals surface area contributed by atoms with Gasteiger partial charge in [-0.25, -0.2) is 9.59 Å². The first-order chi connectivity index (χ1) is 10.9. The summed E-state index contributed by atoms with van der Waals surface area (Å²) in [5.41, 5.74) is 2.62. The smallest absolute Gasteiger partial charge is 0.340 e. The number of carboxylic acids is 1. The molecule has 2 aromatic rings. The fourth-order valence-corrected chi connectivity index (χ4v) is 2.35. The van der Waals surface area contributed by atoms with Crippen molar-refractivity contribution >= 4 is 22.8 Å². The van der Waals surface area contributed by atoms with Crippen LogP contribution in [-0.2, 0) is 23.0 Å². The molecule has 0 saturated heterocycles. The fourth-order valence-electron chi connectivity index (χ4n) is 2.35. The van der Waals surface area contributed by atoms with Crippen molar-refractivity contribution < 1.29 is 24.2 Å². The number of nitrogens with zero attached hydrogens (tertiary/aromatic N) is 1. The van der Waals surface area contributed by atoms with Crippen molar-refractivity contribution in [1.29, 1.82) is 0 Å². The Bertz CT molecular complexity index is 730. The van der Waals surface area contributed by atoms with E-state index in [1.807, 2.05) is 36.7 Å². The Morgan fingerprint density at radius 2 is 1.96 bits per heavy atom. The molecule has 1 N–H and O–H groups in total. The minimum absolute atomic E-state index is 0.300. The monoisotopic (exact) mass is 319 g/mol. The minimum atomic E-state index is -0.981. The predicted molar refractivity (Wildman–Crippen MR) is 88.0 cm³/mol. The van der Waals surface area contributed by atoms with Crippen molar-refractivity contribution in [2.45, 2.75) is 13.3 Å². The Balaban J connectivity index is 0.000000463. The highest BCUT2D eigenvalue weighted by molar-refractivity contribution is 6.06. The molecule has 6 heteroatoms. The first-order valence-corrected chi connectivity index (χ1v) is 7.00. The topological polar surface area (TPSA) is 77.8 Å². The van der Waals surface area contributed by atoms with Gasteiger partial charge in [0, 0.05) is 29.7 Å². The number of fused-ring (bicyclic) bond motifs is 1. The molecule has 0 aliphatic carbocycles. The number of aliphatic carboxylic acids is 1. The van der Waals surface area contributed by atoms with E-state index in [0.29, 0.717) is 5.56 Å². The molecular weight excluding hydrogens is 298 g/mol. The maximum Gasteiger partial charge on any atom is 0.340 e. The fraction of sp³-hybridized carbons (Fsp3) is 0.294. The third-order valence-electron chi connectivity index (χ3n) is 3.43. The minimum Gasteiger partial charge on any atom is -0.497 e. The molecule has 0 atom stereocenters.